The van der Waals surface area contributed by atoms with Crippen molar-refractivity contribution < 1.29 is 9.90 Å². The summed E-state index contributed by atoms with van der Waals surface area (Å²) in [6.07, 6.45) is 1.77. The van der Waals surface area contributed by atoms with Gasteiger partial charge in [-0.3, -0.25) is 0 Å². The van der Waals surface area contributed by atoms with Crippen molar-refractivity contribution in [2.75, 3.05) is 0 Å². The molecule has 0 unspecified atom stereocenters. The molecule has 1 N–H and O–H groups in total. The monoisotopic (exact) mass is 160 g/mol. The molecule has 3 heteroatoms. The van der Waals surface area contributed by atoms with E-state index in [4.69, 9.17) is 0 Å². The standard InChI is InChI=1S/C9H6NO2/c11-9(12)7-1-2-8-6(5-7)3-4-10-8/h1-5,10H. The summed E-state index contributed by atoms with van der Waals surface area (Å²) in [6, 6.07) is 6.65. The Hall–Kier alpha value is -1.77. The van der Waals surface area contributed by atoms with Crippen LogP contribution in [0.5, 0.6) is 0 Å². The van der Waals surface area contributed by atoms with Gasteiger partial charge in [0.25, 0.3) is 0 Å². The van der Waals surface area contributed by atoms with Gasteiger partial charge in [-0.15, -0.1) is 0 Å². The lowest BCUT2D eigenvalue weighted by molar-refractivity contribution is 0.0573. The zero-order valence-corrected chi connectivity index (χ0v) is 6.20. The number of carbonyl (C=O) groups is 1. The Balaban J connectivity index is 2.68. The van der Waals surface area contributed by atoms with Gasteiger partial charge in [-0.2, -0.15) is 0 Å². The summed E-state index contributed by atoms with van der Waals surface area (Å²) in [7, 11) is 0. The Labute approximate surface area is 68.6 Å². The van der Waals surface area contributed by atoms with Crippen LogP contribution in [-0.2, 0) is 5.11 Å². The number of benzene rings is 1. The van der Waals surface area contributed by atoms with Crippen molar-refractivity contribution >= 4 is 16.9 Å². The van der Waals surface area contributed by atoms with Crippen LogP contribution < -0.4 is 0 Å². The molecule has 1 aromatic heterocycles. The van der Waals surface area contributed by atoms with Crippen LogP contribution in [0.25, 0.3) is 10.9 Å². The van der Waals surface area contributed by atoms with E-state index in [0.29, 0.717) is 0 Å². The molecule has 0 amide bonds. The Morgan fingerprint density at radius 1 is 1.25 bits per heavy atom. The summed E-state index contributed by atoms with van der Waals surface area (Å²) in [6.45, 7) is 0. The van der Waals surface area contributed by atoms with Crippen LogP contribution in [-0.4, -0.2) is 11.0 Å². The molecule has 2 aromatic rings. The number of aromatic nitrogens is 1. The minimum Gasteiger partial charge on any atom is -0.361 e. The maximum absolute atomic E-state index is 10.4. The molecule has 1 radical (unpaired) electrons. The lowest BCUT2D eigenvalue weighted by Crippen LogP contribution is -1.92. The fraction of sp³-hybridized carbons (Fsp3) is 0. The van der Waals surface area contributed by atoms with Gasteiger partial charge in [-0.1, -0.05) is 0 Å². The van der Waals surface area contributed by atoms with Crippen LogP contribution in [0.4, 0.5) is 0 Å². The summed E-state index contributed by atoms with van der Waals surface area (Å²) in [5.74, 6) is -1.14. The number of H-pyrrole nitrogens is 1. The molecule has 0 atom stereocenters. The number of fused-ring (bicyclic) bond motifs is 1. The van der Waals surface area contributed by atoms with E-state index in [9.17, 15) is 9.90 Å². The average Bonchev–Trinajstić information content (AvgIpc) is 2.49. The van der Waals surface area contributed by atoms with E-state index in [1.54, 1.807) is 18.3 Å². The molecule has 0 aliphatic heterocycles. The van der Waals surface area contributed by atoms with Crippen molar-refractivity contribution in [3.05, 3.63) is 36.0 Å². The van der Waals surface area contributed by atoms with Crippen LogP contribution >= 0.6 is 0 Å². The van der Waals surface area contributed by atoms with Crippen LogP contribution in [0.2, 0.25) is 0 Å². The lowest BCUT2D eigenvalue weighted by atomic mass is 10.1. The molecule has 3 nitrogen and oxygen atoms in total. The molecule has 59 valence electrons. The second-order valence-electron chi connectivity index (χ2n) is 2.57. The van der Waals surface area contributed by atoms with Crippen molar-refractivity contribution in [2.45, 2.75) is 0 Å². The number of hydrogen-bond acceptors (Lipinski definition) is 1. The van der Waals surface area contributed by atoms with Gasteiger partial charge in [0, 0.05) is 17.1 Å². The molecule has 0 aliphatic carbocycles. The largest absolute Gasteiger partial charge is 0.386 e. The third-order valence-electron chi connectivity index (χ3n) is 1.79. The molecule has 0 spiro atoms. The molecule has 1 heterocycles. The molecular formula is C9H6NO2. The maximum atomic E-state index is 10.4. The summed E-state index contributed by atoms with van der Waals surface area (Å²) < 4.78 is 0. The zero-order valence-electron chi connectivity index (χ0n) is 6.20. The fourth-order valence-corrected chi connectivity index (χ4v) is 1.18. The average molecular weight is 160 g/mol. The van der Waals surface area contributed by atoms with Crippen molar-refractivity contribution in [1.29, 1.82) is 0 Å². The highest BCUT2D eigenvalue weighted by Gasteiger charge is 2.04. The molecule has 0 saturated carbocycles. The van der Waals surface area contributed by atoms with E-state index in [-0.39, 0.29) is 5.56 Å². The highest BCUT2D eigenvalue weighted by Crippen LogP contribution is 2.13. The Morgan fingerprint density at radius 2 is 2.08 bits per heavy atom. The summed E-state index contributed by atoms with van der Waals surface area (Å²) in [4.78, 5) is 13.4. The van der Waals surface area contributed by atoms with Gasteiger partial charge in [-0.25, -0.2) is 9.90 Å². The minimum absolute atomic E-state index is 0.210. The molecular weight excluding hydrogens is 154 g/mol. The number of hydrogen-bond donors (Lipinski definition) is 1. The molecule has 1 aromatic carbocycles. The Morgan fingerprint density at radius 3 is 2.83 bits per heavy atom. The Bertz CT molecular complexity index is 431. The molecule has 2 rings (SSSR count). The summed E-state index contributed by atoms with van der Waals surface area (Å²) >= 11 is 0. The van der Waals surface area contributed by atoms with E-state index in [2.05, 4.69) is 4.98 Å². The molecule has 12 heavy (non-hydrogen) atoms. The fourth-order valence-electron chi connectivity index (χ4n) is 1.18. The van der Waals surface area contributed by atoms with Crippen molar-refractivity contribution in [3.63, 3.8) is 0 Å². The van der Waals surface area contributed by atoms with Gasteiger partial charge >= 0.3 is 5.97 Å². The van der Waals surface area contributed by atoms with Gasteiger partial charge in [0.1, 0.15) is 0 Å². The predicted octanol–water partition coefficient (Wildman–Crippen LogP) is 1.74. The number of rotatable bonds is 1. The second kappa shape index (κ2) is 2.37. The first-order valence-corrected chi connectivity index (χ1v) is 3.56. The van der Waals surface area contributed by atoms with Gasteiger partial charge in [0.2, 0.25) is 0 Å². The van der Waals surface area contributed by atoms with E-state index in [1.165, 1.54) is 6.07 Å². The van der Waals surface area contributed by atoms with Crippen molar-refractivity contribution in [3.8, 4) is 0 Å². The van der Waals surface area contributed by atoms with E-state index >= 15 is 0 Å². The zero-order chi connectivity index (χ0) is 8.55. The lowest BCUT2D eigenvalue weighted by Gasteiger charge is -1.91. The van der Waals surface area contributed by atoms with E-state index < -0.39 is 5.97 Å². The van der Waals surface area contributed by atoms with Crippen LogP contribution in [0.3, 0.4) is 0 Å². The molecule has 0 bridgehead atoms. The third kappa shape index (κ3) is 0.955. The Kier molecular flexibility index (Phi) is 1.37. The van der Waals surface area contributed by atoms with Crippen LogP contribution in [0.1, 0.15) is 10.4 Å². The first-order valence-electron chi connectivity index (χ1n) is 3.56. The van der Waals surface area contributed by atoms with Gasteiger partial charge in [0.15, 0.2) is 0 Å². The minimum atomic E-state index is -1.14. The molecule has 0 fully saturated rings. The SMILES string of the molecule is [O]C(=O)c1ccc2[nH]ccc2c1. The van der Waals surface area contributed by atoms with Gasteiger partial charge < -0.3 is 4.98 Å². The first kappa shape index (κ1) is 6.91. The number of nitrogens with one attached hydrogen (secondary N) is 1. The van der Waals surface area contributed by atoms with E-state index in [1.807, 2.05) is 6.07 Å². The topological polar surface area (TPSA) is 52.8 Å². The second-order valence-corrected chi connectivity index (χ2v) is 2.57. The van der Waals surface area contributed by atoms with Gasteiger partial charge in [0.05, 0.1) is 5.56 Å². The highest BCUT2D eigenvalue weighted by molar-refractivity contribution is 5.93. The molecule has 0 aliphatic rings. The highest BCUT2D eigenvalue weighted by atomic mass is 16.4. The van der Waals surface area contributed by atoms with E-state index in [0.717, 1.165) is 10.9 Å². The van der Waals surface area contributed by atoms with Crippen LogP contribution in [0.15, 0.2) is 30.5 Å². The number of carbonyl (C=O) groups excluding carboxylic acids is 1. The molecule has 0 saturated heterocycles. The van der Waals surface area contributed by atoms with Crippen molar-refractivity contribution in [2.24, 2.45) is 0 Å². The summed E-state index contributed by atoms with van der Waals surface area (Å²) in [5, 5.41) is 11.3. The smallest absolute Gasteiger partial charge is 0.361 e. The van der Waals surface area contributed by atoms with Crippen LogP contribution in [0, 0.1) is 0 Å². The third-order valence-corrected chi connectivity index (χ3v) is 1.79. The van der Waals surface area contributed by atoms with Crippen molar-refractivity contribution in [1.82, 2.24) is 4.98 Å². The quantitative estimate of drug-likeness (QED) is 0.678. The predicted molar refractivity (Wildman–Crippen MR) is 43.3 cm³/mol. The maximum Gasteiger partial charge on any atom is 0.386 e. The normalized spacial score (nSPS) is 10.3. The summed E-state index contributed by atoms with van der Waals surface area (Å²) in [5.41, 5.74) is 1.14. The van der Waals surface area contributed by atoms with Gasteiger partial charge in [-0.05, 0) is 24.3 Å². The number of aromatic amines is 1. The first-order chi connectivity index (χ1) is 5.77.